The summed E-state index contributed by atoms with van der Waals surface area (Å²) in [6.45, 7) is 2.99. The minimum absolute atomic E-state index is 0.843. The van der Waals surface area contributed by atoms with Crippen LogP contribution in [0.15, 0.2) is 54.7 Å². The minimum Gasteiger partial charge on any atom is -0.398 e. The summed E-state index contributed by atoms with van der Waals surface area (Å²) in [5.74, 6) is 0. The van der Waals surface area contributed by atoms with Crippen LogP contribution in [0.3, 0.4) is 0 Å². The number of rotatable bonds is 2. The van der Waals surface area contributed by atoms with E-state index in [9.17, 15) is 0 Å². The van der Waals surface area contributed by atoms with Crippen molar-refractivity contribution in [1.82, 2.24) is 4.57 Å². The zero-order valence-corrected chi connectivity index (χ0v) is 10.4. The number of nitrogen functional groups attached to an aromatic ring is 1. The van der Waals surface area contributed by atoms with E-state index in [1.165, 1.54) is 16.6 Å². The van der Waals surface area contributed by atoms with E-state index in [2.05, 4.69) is 54.1 Å². The predicted molar refractivity (Wildman–Crippen MR) is 76.6 cm³/mol. The van der Waals surface area contributed by atoms with Gasteiger partial charge in [0.05, 0.1) is 5.52 Å². The Morgan fingerprint density at radius 3 is 2.56 bits per heavy atom. The fourth-order valence-electron chi connectivity index (χ4n) is 2.28. The molecule has 2 aromatic carbocycles. The number of aromatic nitrogens is 1. The van der Waals surface area contributed by atoms with Crippen molar-refractivity contribution in [3.05, 3.63) is 65.9 Å². The van der Waals surface area contributed by atoms with E-state index in [-0.39, 0.29) is 0 Å². The van der Waals surface area contributed by atoms with E-state index in [0.717, 1.165) is 17.6 Å². The van der Waals surface area contributed by atoms with Gasteiger partial charge in [0, 0.05) is 23.8 Å². The number of benzene rings is 2. The van der Waals surface area contributed by atoms with Gasteiger partial charge in [-0.05, 0) is 30.7 Å². The highest BCUT2D eigenvalue weighted by Crippen LogP contribution is 2.22. The molecule has 2 nitrogen and oxygen atoms in total. The van der Waals surface area contributed by atoms with Crippen LogP contribution in [0.2, 0.25) is 0 Å². The molecule has 18 heavy (non-hydrogen) atoms. The summed E-state index contributed by atoms with van der Waals surface area (Å²) in [5.41, 5.74) is 10.6. The number of hydrogen-bond acceptors (Lipinski definition) is 1. The Kier molecular flexibility index (Phi) is 2.56. The number of nitrogens with two attached hydrogens (primary N) is 1. The van der Waals surface area contributed by atoms with Crippen molar-refractivity contribution >= 4 is 16.6 Å². The van der Waals surface area contributed by atoms with Crippen LogP contribution in [0.1, 0.15) is 11.1 Å². The third-order valence-electron chi connectivity index (χ3n) is 3.32. The lowest BCUT2D eigenvalue weighted by Gasteiger charge is -2.06. The molecule has 1 heterocycles. The monoisotopic (exact) mass is 236 g/mol. The average Bonchev–Trinajstić information content (AvgIpc) is 2.77. The van der Waals surface area contributed by atoms with Crippen molar-refractivity contribution in [2.75, 3.05) is 5.73 Å². The van der Waals surface area contributed by atoms with E-state index in [0.29, 0.717) is 0 Å². The summed E-state index contributed by atoms with van der Waals surface area (Å²) in [5, 5.41) is 1.13. The molecule has 3 aromatic rings. The van der Waals surface area contributed by atoms with Gasteiger partial charge in [-0.1, -0.05) is 35.9 Å². The van der Waals surface area contributed by atoms with Crippen LogP contribution in [0.4, 0.5) is 5.69 Å². The molecule has 0 spiro atoms. The number of nitrogens with zero attached hydrogens (tertiary/aromatic N) is 1. The van der Waals surface area contributed by atoms with Gasteiger partial charge in [-0.2, -0.15) is 0 Å². The Morgan fingerprint density at radius 2 is 1.78 bits per heavy atom. The van der Waals surface area contributed by atoms with Crippen LogP contribution in [0, 0.1) is 6.92 Å². The normalized spacial score (nSPS) is 10.9. The Morgan fingerprint density at radius 1 is 1.00 bits per heavy atom. The number of aryl methyl sites for hydroxylation is 1. The second kappa shape index (κ2) is 4.22. The SMILES string of the molecule is Cc1ccc(Cn2ccc3c(N)cccc32)cc1. The van der Waals surface area contributed by atoms with Crippen molar-refractivity contribution in [3.8, 4) is 0 Å². The van der Waals surface area contributed by atoms with Gasteiger partial charge in [0.1, 0.15) is 0 Å². The molecule has 0 aliphatic heterocycles. The van der Waals surface area contributed by atoms with Crippen LogP contribution in [-0.2, 0) is 6.54 Å². The largest absolute Gasteiger partial charge is 0.398 e. The topological polar surface area (TPSA) is 30.9 Å². The molecule has 2 N–H and O–H groups in total. The molecule has 3 rings (SSSR count). The molecule has 90 valence electrons. The fourth-order valence-corrected chi connectivity index (χ4v) is 2.28. The van der Waals surface area contributed by atoms with Crippen molar-refractivity contribution in [3.63, 3.8) is 0 Å². The number of fused-ring (bicyclic) bond motifs is 1. The van der Waals surface area contributed by atoms with E-state index >= 15 is 0 Å². The first-order valence-corrected chi connectivity index (χ1v) is 6.13. The lowest BCUT2D eigenvalue weighted by molar-refractivity contribution is 0.836. The lowest BCUT2D eigenvalue weighted by atomic mass is 10.1. The molecule has 2 heteroatoms. The maximum absolute atomic E-state index is 5.97. The van der Waals surface area contributed by atoms with Crippen LogP contribution < -0.4 is 5.73 Å². The predicted octanol–water partition coefficient (Wildman–Crippen LogP) is 3.58. The fraction of sp³-hybridized carbons (Fsp3) is 0.125. The first-order chi connectivity index (χ1) is 8.74. The standard InChI is InChI=1S/C16H16N2/c1-12-5-7-13(8-6-12)11-18-10-9-14-15(17)3-2-4-16(14)18/h2-10H,11,17H2,1H3. The zero-order chi connectivity index (χ0) is 12.5. The highest BCUT2D eigenvalue weighted by molar-refractivity contribution is 5.91. The smallest absolute Gasteiger partial charge is 0.0504 e. The summed E-state index contributed by atoms with van der Waals surface area (Å²) < 4.78 is 2.23. The van der Waals surface area contributed by atoms with Crippen molar-refractivity contribution < 1.29 is 0 Å². The molecule has 0 radical (unpaired) electrons. The molecule has 0 aliphatic carbocycles. The van der Waals surface area contributed by atoms with Crippen molar-refractivity contribution in [2.24, 2.45) is 0 Å². The first kappa shape index (κ1) is 10.9. The summed E-state index contributed by atoms with van der Waals surface area (Å²) in [4.78, 5) is 0. The van der Waals surface area contributed by atoms with Crippen LogP contribution >= 0.6 is 0 Å². The highest BCUT2D eigenvalue weighted by Gasteiger charge is 2.03. The highest BCUT2D eigenvalue weighted by atomic mass is 15.0. The van der Waals surface area contributed by atoms with E-state index in [1.54, 1.807) is 0 Å². The molecule has 0 bridgehead atoms. The molecule has 0 unspecified atom stereocenters. The molecule has 0 saturated carbocycles. The van der Waals surface area contributed by atoms with Gasteiger partial charge in [-0.3, -0.25) is 0 Å². The summed E-state index contributed by atoms with van der Waals surface area (Å²) >= 11 is 0. The number of anilines is 1. The second-order valence-corrected chi connectivity index (χ2v) is 4.71. The molecular formula is C16H16N2. The maximum Gasteiger partial charge on any atom is 0.0504 e. The lowest BCUT2D eigenvalue weighted by Crippen LogP contribution is -1.98. The average molecular weight is 236 g/mol. The van der Waals surface area contributed by atoms with Crippen LogP contribution in [0.25, 0.3) is 10.9 Å². The summed E-state index contributed by atoms with van der Waals surface area (Å²) in [7, 11) is 0. The van der Waals surface area contributed by atoms with Crippen molar-refractivity contribution in [1.29, 1.82) is 0 Å². The van der Waals surface area contributed by atoms with Gasteiger partial charge < -0.3 is 10.3 Å². The Labute approximate surface area is 107 Å². The maximum atomic E-state index is 5.97. The van der Waals surface area contributed by atoms with E-state index in [4.69, 9.17) is 5.73 Å². The summed E-state index contributed by atoms with van der Waals surface area (Å²) in [6.07, 6.45) is 2.10. The molecule has 0 saturated heterocycles. The van der Waals surface area contributed by atoms with Gasteiger partial charge >= 0.3 is 0 Å². The van der Waals surface area contributed by atoms with Gasteiger partial charge in [-0.25, -0.2) is 0 Å². The Hall–Kier alpha value is -2.22. The first-order valence-electron chi connectivity index (χ1n) is 6.13. The Balaban J connectivity index is 2.00. The molecular weight excluding hydrogens is 220 g/mol. The van der Waals surface area contributed by atoms with Gasteiger partial charge in [0.25, 0.3) is 0 Å². The van der Waals surface area contributed by atoms with Crippen LogP contribution in [-0.4, -0.2) is 4.57 Å². The molecule has 1 aromatic heterocycles. The Bertz CT molecular complexity index is 678. The van der Waals surface area contributed by atoms with Crippen molar-refractivity contribution in [2.45, 2.75) is 13.5 Å². The summed E-state index contributed by atoms with van der Waals surface area (Å²) in [6, 6.07) is 16.8. The zero-order valence-electron chi connectivity index (χ0n) is 10.4. The minimum atomic E-state index is 0.843. The second-order valence-electron chi connectivity index (χ2n) is 4.71. The van der Waals surface area contributed by atoms with Gasteiger partial charge in [-0.15, -0.1) is 0 Å². The molecule has 0 amide bonds. The molecule has 0 atom stereocenters. The third-order valence-corrected chi connectivity index (χ3v) is 3.32. The molecule has 0 aliphatic rings. The van der Waals surface area contributed by atoms with E-state index < -0.39 is 0 Å². The van der Waals surface area contributed by atoms with Crippen LogP contribution in [0.5, 0.6) is 0 Å². The third kappa shape index (κ3) is 1.86. The van der Waals surface area contributed by atoms with E-state index in [1.807, 2.05) is 12.1 Å². The quantitative estimate of drug-likeness (QED) is 0.677. The van der Waals surface area contributed by atoms with Gasteiger partial charge in [0.2, 0.25) is 0 Å². The molecule has 0 fully saturated rings. The van der Waals surface area contributed by atoms with Gasteiger partial charge in [0.15, 0.2) is 0 Å². The number of hydrogen-bond donors (Lipinski definition) is 1.